The van der Waals surface area contributed by atoms with E-state index in [1.54, 1.807) is 6.07 Å². The minimum atomic E-state index is -0.540. The smallest absolute Gasteiger partial charge is 0.149 e. The second kappa shape index (κ2) is 6.20. The van der Waals surface area contributed by atoms with Crippen LogP contribution in [0.25, 0.3) is 0 Å². The van der Waals surface area contributed by atoms with E-state index in [1.165, 1.54) is 31.7 Å². The van der Waals surface area contributed by atoms with Crippen molar-refractivity contribution in [3.05, 3.63) is 23.5 Å². The van der Waals surface area contributed by atoms with Gasteiger partial charge in [0.05, 0.1) is 0 Å². The number of nitrogens with one attached hydrogen (secondary N) is 1. The fourth-order valence-corrected chi connectivity index (χ4v) is 3.82. The number of anilines is 1. The minimum absolute atomic E-state index is 0.0644. The lowest BCUT2D eigenvalue weighted by Gasteiger charge is -2.39. The maximum Gasteiger partial charge on any atom is 0.149 e. The average molecular weight is 293 g/mol. The summed E-state index contributed by atoms with van der Waals surface area (Å²) in [6.07, 6.45) is 4.83. The van der Waals surface area contributed by atoms with Gasteiger partial charge in [-0.2, -0.15) is 0 Å². The third-order valence-corrected chi connectivity index (χ3v) is 4.91. The first-order chi connectivity index (χ1) is 10.2. The first-order valence-electron chi connectivity index (χ1n) is 7.90. The van der Waals surface area contributed by atoms with Crippen LogP contribution in [0.1, 0.15) is 37.3 Å². The number of phenolic OH excluding ortho intramolecular Hbond substituents is 1. The van der Waals surface area contributed by atoms with Gasteiger partial charge in [-0.25, -0.2) is 4.39 Å². The molecule has 2 fully saturated rings. The molecule has 0 aromatic heterocycles. The van der Waals surface area contributed by atoms with Crippen LogP contribution in [-0.2, 0) is 0 Å². The highest BCUT2D eigenvalue weighted by molar-refractivity contribution is 5.58. The molecule has 0 radical (unpaired) electrons. The Balaban J connectivity index is 1.96. The van der Waals surface area contributed by atoms with Gasteiger partial charge in [0.1, 0.15) is 17.3 Å². The number of hydrogen-bond acceptors (Lipinski definition) is 4. The number of hydrogen-bond donors (Lipinski definition) is 3. The fraction of sp³-hybridized carbons (Fsp3) is 0.625. The van der Waals surface area contributed by atoms with Gasteiger partial charge in [-0.3, -0.25) is 4.90 Å². The molecule has 1 saturated carbocycles. The van der Waals surface area contributed by atoms with Crippen LogP contribution in [0.3, 0.4) is 0 Å². The Morgan fingerprint density at radius 1 is 1.24 bits per heavy atom. The molecule has 21 heavy (non-hydrogen) atoms. The quantitative estimate of drug-likeness (QED) is 0.591. The Bertz CT molecular complexity index is 497. The maximum atomic E-state index is 13.5. The second-order valence-corrected chi connectivity index (χ2v) is 6.17. The SMILES string of the molecule is Nc1c(F)ccc([C@H](C2CCCC2)N2CCNCC2)c1O. The van der Waals surface area contributed by atoms with Gasteiger partial charge >= 0.3 is 0 Å². The summed E-state index contributed by atoms with van der Waals surface area (Å²) in [5.74, 6) is -0.0778. The number of nitrogens with two attached hydrogens (primary N) is 1. The van der Waals surface area contributed by atoms with Crippen molar-refractivity contribution < 1.29 is 9.50 Å². The summed E-state index contributed by atoms with van der Waals surface area (Å²) < 4.78 is 13.5. The van der Waals surface area contributed by atoms with Gasteiger partial charge in [-0.15, -0.1) is 0 Å². The Kier molecular flexibility index (Phi) is 4.31. The zero-order valence-electron chi connectivity index (χ0n) is 12.3. The molecule has 5 heteroatoms. The van der Waals surface area contributed by atoms with Crippen molar-refractivity contribution >= 4 is 5.69 Å². The standard InChI is InChI=1S/C16H24FN3O/c17-13-6-5-12(16(21)14(13)18)15(11-3-1-2-4-11)20-9-7-19-8-10-20/h5-6,11,15,19,21H,1-4,7-10,18H2/t15-/m0/s1. The Morgan fingerprint density at radius 3 is 2.57 bits per heavy atom. The molecule has 1 atom stereocenters. The van der Waals surface area contributed by atoms with E-state index < -0.39 is 5.82 Å². The molecule has 1 heterocycles. The normalized spacial score (nSPS) is 22.5. The molecule has 3 rings (SSSR count). The fourth-order valence-electron chi connectivity index (χ4n) is 3.82. The highest BCUT2D eigenvalue weighted by Crippen LogP contribution is 2.44. The van der Waals surface area contributed by atoms with Gasteiger partial charge in [-0.1, -0.05) is 18.9 Å². The number of aromatic hydroxyl groups is 1. The number of nitrogen functional groups attached to an aromatic ring is 1. The monoisotopic (exact) mass is 293 g/mol. The lowest BCUT2D eigenvalue weighted by molar-refractivity contribution is 0.123. The molecule has 0 spiro atoms. The third kappa shape index (κ3) is 2.85. The van der Waals surface area contributed by atoms with Gasteiger partial charge < -0.3 is 16.2 Å². The van der Waals surface area contributed by atoms with E-state index in [2.05, 4.69) is 10.2 Å². The molecule has 4 nitrogen and oxygen atoms in total. The summed E-state index contributed by atoms with van der Waals surface area (Å²) in [5, 5.41) is 13.7. The average Bonchev–Trinajstić information content (AvgIpc) is 3.03. The summed E-state index contributed by atoms with van der Waals surface area (Å²) >= 11 is 0. The molecule has 2 aliphatic rings. The number of halogens is 1. The molecule has 1 aliphatic carbocycles. The lowest BCUT2D eigenvalue weighted by atomic mass is 9.88. The van der Waals surface area contributed by atoms with Crippen LogP contribution in [0.2, 0.25) is 0 Å². The molecular formula is C16H24FN3O. The van der Waals surface area contributed by atoms with Gasteiger partial charge in [0.25, 0.3) is 0 Å². The van der Waals surface area contributed by atoms with E-state index in [4.69, 9.17) is 5.73 Å². The van der Waals surface area contributed by atoms with E-state index in [1.807, 2.05) is 0 Å². The lowest BCUT2D eigenvalue weighted by Crippen LogP contribution is -2.46. The summed E-state index contributed by atoms with van der Waals surface area (Å²) in [6, 6.07) is 3.25. The molecule has 116 valence electrons. The van der Waals surface area contributed by atoms with Crippen LogP contribution < -0.4 is 11.1 Å². The highest BCUT2D eigenvalue weighted by atomic mass is 19.1. The summed E-state index contributed by atoms with van der Waals surface area (Å²) in [7, 11) is 0. The van der Waals surface area contributed by atoms with Gasteiger partial charge in [0.15, 0.2) is 0 Å². The highest BCUT2D eigenvalue weighted by Gasteiger charge is 2.34. The Morgan fingerprint density at radius 2 is 1.90 bits per heavy atom. The van der Waals surface area contributed by atoms with Crippen molar-refractivity contribution in [3.63, 3.8) is 0 Å². The van der Waals surface area contributed by atoms with Crippen molar-refractivity contribution in [2.45, 2.75) is 31.7 Å². The van der Waals surface area contributed by atoms with Crippen LogP contribution >= 0.6 is 0 Å². The zero-order valence-corrected chi connectivity index (χ0v) is 12.3. The van der Waals surface area contributed by atoms with Crippen molar-refractivity contribution in [1.82, 2.24) is 10.2 Å². The number of piperazine rings is 1. The van der Waals surface area contributed by atoms with Crippen molar-refractivity contribution in [3.8, 4) is 5.75 Å². The van der Waals surface area contributed by atoms with Crippen molar-refractivity contribution in [1.29, 1.82) is 0 Å². The van der Waals surface area contributed by atoms with Crippen LogP contribution in [0, 0.1) is 11.7 Å². The van der Waals surface area contributed by atoms with Crippen LogP contribution in [-0.4, -0.2) is 36.2 Å². The predicted molar refractivity (Wildman–Crippen MR) is 81.6 cm³/mol. The Hall–Kier alpha value is -1.33. The predicted octanol–water partition coefficient (Wildman–Crippen LogP) is 2.25. The molecule has 4 N–H and O–H groups in total. The number of rotatable bonds is 3. The van der Waals surface area contributed by atoms with Gasteiger partial charge in [0.2, 0.25) is 0 Å². The van der Waals surface area contributed by atoms with Crippen molar-refractivity contribution in [2.75, 3.05) is 31.9 Å². The molecule has 1 saturated heterocycles. The van der Waals surface area contributed by atoms with E-state index in [-0.39, 0.29) is 17.5 Å². The molecular weight excluding hydrogens is 269 g/mol. The van der Waals surface area contributed by atoms with Crippen LogP contribution in [0.15, 0.2) is 12.1 Å². The minimum Gasteiger partial charge on any atom is -0.505 e. The maximum absolute atomic E-state index is 13.5. The first-order valence-corrected chi connectivity index (χ1v) is 7.90. The molecule has 1 aromatic rings. The molecule has 1 aliphatic heterocycles. The number of nitrogens with zero attached hydrogens (tertiary/aromatic N) is 1. The molecule has 0 bridgehead atoms. The van der Waals surface area contributed by atoms with E-state index in [0.29, 0.717) is 5.92 Å². The first kappa shape index (κ1) is 14.6. The summed E-state index contributed by atoms with van der Waals surface area (Å²) in [5.41, 5.74) is 6.37. The zero-order chi connectivity index (χ0) is 14.8. The van der Waals surface area contributed by atoms with Crippen LogP contribution in [0.5, 0.6) is 5.75 Å². The third-order valence-electron chi connectivity index (χ3n) is 4.91. The summed E-state index contributed by atoms with van der Waals surface area (Å²) in [6.45, 7) is 3.83. The number of benzene rings is 1. The number of phenols is 1. The van der Waals surface area contributed by atoms with Crippen molar-refractivity contribution in [2.24, 2.45) is 5.92 Å². The van der Waals surface area contributed by atoms with Crippen LogP contribution in [0.4, 0.5) is 10.1 Å². The van der Waals surface area contributed by atoms with E-state index >= 15 is 0 Å². The van der Waals surface area contributed by atoms with E-state index in [9.17, 15) is 9.50 Å². The molecule has 1 aromatic carbocycles. The molecule has 0 amide bonds. The van der Waals surface area contributed by atoms with E-state index in [0.717, 1.165) is 31.7 Å². The Labute approximate surface area is 125 Å². The van der Waals surface area contributed by atoms with Gasteiger partial charge in [-0.05, 0) is 24.8 Å². The van der Waals surface area contributed by atoms with Gasteiger partial charge in [0, 0.05) is 37.8 Å². The summed E-state index contributed by atoms with van der Waals surface area (Å²) in [4.78, 5) is 2.42. The topological polar surface area (TPSA) is 61.5 Å². The second-order valence-electron chi connectivity index (χ2n) is 6.17. The largest absolute Gasteiger partial charge is 0.505 e. The molecule has 0 unspecified atom stereocenters.